The van der Waals surface area contributed by atoms with Crippen LogP contribution in [0.15, 0.2) is 36.7 Å². The van der Waals surface area contributed by atoms with Gasteiger partial charge >= 0.3 is 0 Å². The monoisotopic (exact) mass is 289 g/mol. The van der Waals surface area contributed by atoms with Gasteiger partial charge in [-0.2, -0.15) is 5.10 Å². The minimum atomic E-state index is 0.572. The number of rotatable bonds is 4. The van der Waals surface area contributed by atoms with Crippen molar-refractivity contribution in [1.29, 1.82) is 0 Å². The summed E-state index contributed by atoms with van der Waals surface area (Å²) in [5, 5.41) is 5.23. The molecule has 0 N–H and O–H groups in total. The van der Waals surface area contributed by atoms with Crippen LogP contribution in [0.2, 0.25) is 0 Å². The summed E-state index contributed by atoms with van der Waals surface area (Å²) in [6.07, 6.45) is 7.85. The maximum atomic E-state index is 5.68. The zero-order chi connectivity index (χ0) is 13.1. The lowest BCUT2D eigenvalue weighted by molar-refractivity contribution is 0.664. The number of alkyl halides is 1. The van der Waals surface area contributed by atoms with Crippen molar-refractivity contribution in [3.8, 4) is 0 Å². The Morgan fingerprint density at radius 3 is 3.00 bits per heavy atom. The average molecular weight is 290 g/mol. The molecule has 0 spiro atoms. The molecule has 2 heterocycles. The van der Waals surface area contributed by atoms with Gasteiger partial charge in [0, 0.05) is 17.6 Å². The van der Waals surface area contributed by atoms with E-state index in [1.54, 1.807) is 11.3 Å². The number of para-hydroxylation sites is 1. The van der Waals surface area contributed by atoms with Crippen LogP contribution in [0.5, 0.6) is 0 Å². The van der Waals surface area contributed by atoms with E-state index in [1.165, 1.54) is 4.70 Å². The summed E-state index contributed by atoms with van der Waals surface area (Å²) >= 11 is 7.36. The van der Waals surface area contributed by atoms with Crippen LogP contribution in [-0.4, -0.2) is 20.6 Å². The van der Waals surface area contributed by atoms with Crippen LogP contribution in [0.3, 0.4) is 0 Å². The first kappa shape index (κ1) is 12.4. The highest BCUT2D eigenvalue weighted by Crippen LogP contribution is 2.22. The number of fused-ring (bicyclic) bond motifs is 1. The Morgan fingerprint density at radius 2 is 2.16 bits per heavy atom. The molecule has 0 unspecified atom stereocenters. The third kappa shape index (κ3) is 2.85. The molecule has 96 valence electrons. The lowest BCUT2D eigenvalue weighted by Gasteiger charge is -1.92. The number of nitrogens with zero attached hydrogens (tertiary/aromatic N) is 3. The van der Waals surface area contributed by atoms with Crippen molar-refractivity contribution < 1.29 is 0 Å². The fourth-order valence-corrected chi connectivity index (χ4v) is 2.85. The van der Waals surface area contributed by atoms with Gasteiger partial charge < -0.3 is 0 Å². The molecule has 2 aromatic heterocycles. The maximum absolute atomic E-state index is 5.68. The first-order valence-corrected chi connectivity index (χ1v) is 7.32. The van der Waals surface area contributed by atoms with Crippen LogP contribution < -0.4 is 0 Å². The molecule has 0 amide bonds. The quantitative estimate of drug-likeness (QED) is 0.682. The van der Waals surface area contributed by atoms with Crippen LogP contribution in [0, 0.1) is 0 Å². The second-order valence-corrected chi connectivity index (χ2v) is 5.52. The Labute approximate surface area is 120 Å². The zero-order valence-electron chi connectivity index (χ0n) is 10.2. The smallest absolute Gasteiger partial charge is 0.117 e. The van der Waals surface area contributed by atoms with Gasteiger partial charge in [0.1, 0.15) is 5.01 Å². The number of halogens is 1. The highest BCUT2D eigenvalue weighted by atomic mass is 35.5. The fraction of sp³-hybridized carbons (Fsp3) is 0.143. The normalized spacial score (nSPS) is 11.6. The minimum absolute atomic E-state index is 0.572. The molecule has 0 saturated carbocycles. The molecular weight excluding hydrogens is 278 g/mol. The molecule has 0 saturated heterocycles. The van der Waals surface area contributed by atoms with Crippen LogP contribution >= 0.6 is 22.9 Å². The number of aryl methyl sites for hydroxylation is 1. The third-order valence-corrected chi connectivity index (χ3v) is 3.87. The summed E-state index contributed by atoms with van der Waals surface area (Å²) in [4.78, 5) is 4.55. The van der Waals surface area contributed by atoms with Crippen molar-refractivity contribution in [1.82, 2.24) is 14.8 Å². The average Bonchev–Trinajstić information content (AvgIpc) is 3.02. The SMILES string of the molecule is ClCCn1cc(/C=C/c2nc3ccccc3s2)cn1. The van der Waals surface area contributed by atoms with E-state index in [0.717, 1.165) is 22.6 Å². The van der Waals surface area contributed by atoms with Crippen LogP contribution in [0.1, 0.15) is 10.6 Å². The number of hydrogen-bond acceptors (Lipinski definition) is 3. The molecule has 0 aliphatic rings. The maximum Gasteiger partial charge on any atom is 0.117 e. The van der Waals surface area contributed by atoms with Gasteiger partial charge in [-0.25, -0.2) is 4.98 Å². The Bertz CT molecular complexity index is 681. The standard InChI is InChI=1S/C14H12ClN3S/c15-7-8-18-10-11(9-16-18)5-6-14-17-12-3-1-2-4-13(12)19-14/h1-6,9-10H,7-8H2/b6-5+. The first-order chi connectivity index (χ1) is 9.35. The first-order valence-electron chi connectivity index (χ1n) is 5.97. The molecule has 3 nitrogen and oxygen atoms in total. The molecule has 0 bridgehead atoms. The van der Waals surface area contributed by atoms with Crippen LogP contribution in [0.25, 0.3) is 22.4 Å². The molecule has 0 atom stereocenters. The number of benzene rings is 1. The highest BCUT2D eigenvalue weighted by Gasteiger charge is 2.00. The summed E-state index contributed by atoms with van der Waals surface area (Å²) in [7, 11) is 0. The minimum Gasteiger partial charge on any atom is -0.271 e. The Kier molecular flexibility index (Phi) is 3.62. The number of hydrogen-bond donors (Lipinski definition) is 0. The van der Waals surface area contributed by atoms with Gasteiger partial charge in [0.25, 0.3) is 0 Å². The molecule has 0 fully saturated rings. The predicted molar refractivity (Wildman–Crippen MR) is 81.5 cm³/mol. The predicted octanol–water partition coefficient (Wildman–Crippen LogP) is 3.90. The lowest BCUT2D eigenvalue weighted by Crippen LogP contribution is -1.98. The molecule has 3 rings (SSSR count). The molecule has 1 aromatic carbocycles. The number of thiazole rings is 1. The molecule has 0 aliphatic heterocycles. The second kappa shape index (κ2) is 5.55. The van der Waals surface area contributed by atoms with Gasteiger partial charge in [-0.15, -0.1) is 22.9 Å². The van der Waals surface area contributed by atoms with Gasteiger partial charge in [-0.05, 0) is 24.3 Å². The van der Waals surface area contributed by atoms with Gasteiger partial charge in [-0.3, -0.25) is 4.68 Å². The van der Waals surface area contributed by atoms with E-state index in [4.69, 9.17) is 11.6 Å². The van der Waals surface area contributed by atoms with Crippen molar-refractivity contribution in [2.24, 2.45) is 0 Å². The van der Waals surface area contributed by atoms with Crippen molar-refractivity contribution in [2.45, 2.75) is 6.54 Å². The number of aromatic nitrogens is 3. The van der Waals surface area contributed by atoms with Crippen molar-refractivity contribution in [3.63, 3.8) is 0 Å². The van der Waals surface area contributed by atoms with E-state index < -0.39 is 0 Å². The Morgan fingerprint density at radius 1 is 1.26 bits per heavy atom. The molecule has 0 aliphatic carbocycles. The summed E-state index contributed by atoms with van der Waals surface area (Å²) in [6.45, 7) is 0.733. The summed E-state index contributed by atoms with van der Waals surface area (Å²) in [5.41, 5.74) is 2.11. The van der Waals surface area contributed by atoms with E-state index >= 15 is 0 Å². The summed E-state index contributed by atoms with van der Waals surface area (Å²) < 4.78 is 3.05. The zero-order valence-corrected chi connectivity index (χ0v) is 11.7. The molecule has 5 heteroatoms. The second-order valence-electron chi connectivity index (χ2n) is 4.08. The van der Waals surface area contributed by atoms with Crippen molar-refractivity contribution in [3.05, 3.63) is 47.2 Å². The van der Waals surface area contributed by atoms with E-state index in [1.807, 2.05) is 47.4 Å². The van der Waals surface area contributed by atoms with Gasteiger partial charge in [0.2, 0.25) is 0 Å². The van der Waals surface area contributed by atoms with Crippen LogP contribution in [-0.2, 0) is 6.54 Å². The molecule has 0 radical (unpaired) electrons. The van der Waals surface area contributed by atoms with E-state index in [-0.39, 0.29) is 0 Å². The van der Waals surface area contributed by atoms with E-state index in [0.29, 0.717) is 5.88 Å². The topological polar surface area (TPSA) is 30.7 Å². The van der Waals surface area contributed by atoms with Crippen molar-refractivity contribution >= 4 is 45.3 Å². The van der Waals surface area contributed by atoms with E-state index in [2.05, 4.69) is 16.1 Å². The van der Waals surface area contributed by atoms with E-state index in [9.17, 15) is 0 Å². The molecule has 19 heavy (non-hydrogen) atoms. The summed E-state index contributed by atoms with van der Waals surface area (Å²) in [5.74, 6) is 0.572. The lowest BCUT2D eigenvalue weighted by atomic mass is 10.3. The highest BCUT2D eigenvalue weighted by molar-refractivity contribution is 7.19. The van der Waals surface area contributed by atoms with Gasteiger partial charge in [-0.1, -0.05) is 12.1 Å². The molecular formula is C14H12ClN3S. The third-order valence-electron chi connectivity index (χ3n) is 2.70. The Balaban J connectivity index is 1.80. The summed E-state index contributed by atoms with van der Waals surface area (Å²) in [6, 6.07) is 8.15. The van der Waals surface area contributed by atoms with Crippen LogP contribution in [0.4, 0.5) is 0 Å². The van der Waals surface area contributed by atoms with Gasteiger partial charge in [0.15, 0.2) is 0 Å². The molecule has 3 aromatic rings. The fourth-order valence-electron chi connectivity index (χ4n) is 1.80. The van der Waals surface area contributed by atoms with Gasteiger partial charge in [0.05, 0.1) is 23.0 Å². The largest absolute Gasteiger partial charge is 0.271 e. The Hall–Kier alpha value is -1.65. The van der Waals surface area contributed by atoms with Crippen molar-refractivity contribution in [2.75, 3.05) is 5.88 Å².